The van der Waals surface area contributed by atoms with Gasteiger partial charge in [-0.25, -0.2) is 4.39 Å². The summed E-state index contributed by atoms with van der Waals surface area (Å²) in [6.45, 7) is 2.41. The van der Waals surface area contributed by atoms with E-state index in [0.717, 1.165) is 31.5 Å². The van der Waals surface area contributed by atoms with Gasteiger partial charge in [-0.2, -0.15) is 0 Å². The summed E-state index contributed by atoms with van der Waals surface area (Å²) in [4.78, 5) is 11.7. The third-order valence-corrected chi connectivity index (χ3v) is 3.65. The van der Waals surface area contributed by atoms with E-state index in [-0.39, 0.29) is 24.1 Å². The molecule has 0 aromatic heterocycles. The molecular formula is C15H22ClFN2O2. The molecule has 1 saturated heterocycles. The molecule has 1 aliphatic rings. The maximum Gasteiger partial charge on any atom is 0.220 e. The molecule has 0 spiro atoms. The van der Waals surface area contributed by atoms with Gasteiger partial charge in [0.05, 0.1) is 7.11 Å². The van der Waals surface area contributed by atoms with Gasteiger partial charge in [0.2, 0.25) is 5.91 Å². The SMILES string of the molecule is COc1ccc(CNC(=O)CCC2CCNC2)cc1F.Cl. The maximum absolute atomic E-state index is 13.5. The summed E-state index contributed by atoms with van der Waals surface area (Å²) in [5, 5.41) is 6.11. The molecule has 1 heterocycles. The lowest BCUT2D eigenvalue weighted by molar-refractivity contribution is -0.121. The number of carbonyl (C=O) groups excluding carboxylic acids is 1. The number of ether oxygens (including phenoxy) is 1. The van der Waals surface area contributed by atoms with Crippen molar-refractivity contribution in [1.82, 2.24) is 10.6 Å². The van der Waals surface area contributed by atoms with Crippen LogP contribution in [0.2, 0.25) is 0 Å². The van der Waals surface area contributed by atoms with Crippen LogP contribution in [0.25, 0.3) is 0 Å². The lowest BCUT2D eigenvalue weighted by Crippen LogP contribution is -2.23. The van der Waals surface area contributed by atoms with Crippen LogP contribution in [-0.2, 0) is 11.3 Å². The van der Waals surface area contributed by atoms with Crippen LogP contribution < -0.4 is 15.4 Å². The fourth-order valence-electron chi connectivity index (χ4n) is 2.40. The first kappa shape index (κ1) is 17.7. The lowest BCUT2D eigenvalue weighted by atomic mass is 10.0. The Morgan fingerprint density at radius 2 is 2.33 bits per heavy atom. The predicted molar refractivity (Wildman–Crippen MR) is 82.3 cm³/mol. The first-order chi connectivity index (χ1) is 9.69. The zero-order chi connectivity index (χ0) is 14.4. The third kappa shape index (κ3) is 5.52. The van der Waals surface area contributed by atoms with E-state index >= 15 is 0 Å². The molecule has 6 heteroatoms. The molecule has 2 rings (SSSR count). The minimum atomic E-state index is -0.406. The largest absolute Gasteiger partial charge is 0.494 e. The number of hydrogen-bond acceptors (Lipinski definition) is 3. The Labute approximate surface area is 130 Å². The highest BCUT2D eigenvalue weighted by molar-refractivity contribution is 5.85. The molecule has 0 radical (unpaired) electrons. The fourth-order valence-corrected chi connectivity index (χ4v) is 2.40. The zero-order valence-electron chi connectivity index (χ0n) is 12.2. The van der Waals surface area contributed by atoms with Crippen LogP contribution >= 0.6 is 12.4 Å². The molecule has 2 N–H and O–H groups in total. The van der Waals surface area contributed by atoms with Gasteiger partial charge in [0, 0.05) is 13.0 Å². The Kier molecular flexibility index (Phi) is 7.47. The van der Waals surface area contributed by atoms with Gasteiger partial charge >= 0.3 is 0 Å². The molecule has 1 aromatic rings. The van der Waals surface area contributed by atoms with Crippen molar-refractivity contribution >= 4 is 18.3 Å². The van der Waals surface area contributed by atoms with Gasteiger partial charge in [-0.3, -0.25) is 4.79 Å². The van der Waals surface area contributed by atoms with Gasteiger partial charge in [-0.15, -0.1) is 12.4 Å². The topological polar surface area (TPSA) is 50.4 Å². The van der Waals surface area contributed by atoms with Crippen molar-refractivity contribution in [1.29, 1.82) is 0 Å². The quantitative estimate of drug-likeness (QED) is 0.846. The van der Waals surface area contributed by atoms with Crippen molar-refractivity contribution in [3.05, 3.63) is 29.6 Å². The predicted octanol–water partition coefficient (Wildman–Crippen LogP) is 2.26. The molecule has 21 heavy (non-hydrogen) atoms. The highest BCUT2D eigenvalue weighted by atomic mass is 35.5. The summed E-state index contributed by atoms with van der Waals surface area (Å²) in [5.74, 6) is 0.442. The van der Waals surface area contributed by atoms with E-state index in [1.807, 2.05) is 0 Å². The molecule has 1 amide bonds. The number of carbonyl (C=O) groups is 1. The summed E-state index contributed by atoms with van der Waals surface area (Å²) in [5.41, 5.74) is 0.735. The highest BCUT2D eigenvalue weighted by Crippen LogP contribution is 2.18. The van der Waals surface area contributed by atoms with Crippen molar-refractivity contribution in [2.45, 2.75) is 25.8 Å². The second-order valence-electron chi connectivity index (χ2n) is 5.14. The zero-order valence-corrected chi connectivity index (χ0v) is 13.0. The Balaban J connectivity index is 0.00000220. The normalized spacial score (nSPS) is 17.1. The average molecular weight is 317 g/mol. The first-order valence-corrected chi connectivity index (χ1v) is 6.99. The van der Waals surface area contributed by atoms with Crippen LogP contribution in [-0.4, -0.2) is 26.1 Å². The molecule has 0 aliphatic carbocycles. The van der Waals surface area contributed by atoms with E-state index in [2.05, 4.69) is 10.6 Å². The minimum absolute atomic E-state index is 0. The van der Waals surface area contributed by atoms with Crippen molar-refractivity contribution < 1.29 is 13.9 Å². The molecule has 4 nitrogen and oxygen atoms in total. The van der Waals surface area contributed by atoms with Crippen LogP contribution in [0.1, 0.15) is 24.8 Å². The van der Waals surface area contributed by atoms with Gasteiger partial charge in [-0.05, 0) is 49.5 Å². The number of benzene rings is 1. The van der Waals surface area contributed by atoms with Gasteiger partial charge in [0.25, 0.3) is 0 Å². The number of nitrogens with one attached hydrogen (secondary N) is 2. The summed E-state index contributed by atoms with van der Waals surface area (Å²) in [7, 11) is 1.43. The van der Waals surface area contributed by atoms with E-state index in [4.69, 9.17) is 4.74 Å². The molecule has 118 valence electrons. The maximum atomic E-state index is 13.5. The number of hydrogen-bond donors (Lipinski definition) is 2. The van der Waals surface area contributed by atoms with E-state index < -0.39 is 5.82 Å². The van der Waals surface area contributed by atoms with Crippen molar-refractivity contribution in [3.8, 4) is 5.75 Å². The van der Waals surface area contributed by atoms with Crippen LogP contribution in [0.15, 0.2) is 18.2 Å². The van der Waals surface area contributed by atoms with Crippen LogP contribution in [0.4, 0.5) is 4.39 Å². The van der Waals surface area contributed by atoms with Gasteiger partial charge < -0.3 is 15.4 Å². The van der Waals surface area contributed by atoms with Crippen LogP contribution in [0.3, 0.4) is 0 Å². The number of amides is 1. The van der Waals surface area contributed by atoms with Crippen LogP contribution in [0, 0.1) is 11.7 Å². The summed E-state index contributed by atoms with van der Waals surface area (Å²) in [6, 6.07) is 4.71. The van der Waals surface area contributed by atoms with Gasteiger partial charge in [0.1, 0.15) is 0 Å². The summed E-state index contributed by atoms with van der Waals surface area (Å²) in [6.07, 6.45) is 2.60. The van der Waals surface area contributed by atoms with E-state index in [1.165, 1.54) is 13.2 Å². The smallest absolute Gasteiger partial charge is 0.220 e. The Hall–Kier alpha value is -1.33. The molecule has 1 unspecified atom stereocenters. The van der Waals surface area contributed by atoms with Gasteiger partial charge in [-0.1, -0.05) is 6.07 Å². The number of methoxy groups -OCH3 is 1. The molecule has 0 saturated carbocycles. The van der Waals surface area contributed by atoms with Gasteiger partial charge in [0.15, 0.2) is 11.6 Å². The fraction of sp³-hybridized carbons (Fsp3) is 0.533. The average Bonchev–Trinajstić information content (AvgIpc) is 2.96. The summed E-state index contributed by atoms with van der Waals surface area (Å²) < 4.78 is 18.3. The van der Waals surface area contributed by atoms with E-state index in [9.17, 15) is 9.18 Å². The lowest BCUT2D eigenvalue weighted by Gasteiger charge is -2.09. The molecule has 0 bridgehead atoms. The van der Waals surface area contributed by atoms with Crippen molar-refractivity contribution in [2.24, 2.45) is 5.92 Å². The van der Waals surface area contributed by atoms with Crippen molar-refractivity contribution in [3.63, 3.8) is 0 Å². The Morgan fingerprint density at radius 3 is 2.95 bits per heavy atom. The summed E-state index contributed by atoms with van der Waals surface area (Å²) >= 11 is 0. The molecular weight excluding hydrogens is 295 g/mol. The third-order valence-electron chi connectivity index (χ3n) is 3.65. The molecule has 1 fully saturated rings. The number of rotatable bonds is 6. The molecule has 1 aromatic carbocycles. The second-order valence-corrected chi connectivity index (χ2v) is 5.14. The standard InChI is InChI=1S/C15H21FN2O2.ClH/c1-20-14-4-2-12(8-13(14)16)10-18-15(19)5-3-11-6-7-17-9-11;/h2,4,8,11,17H,3,5-7,9-10H2,1H3,(H,18,19);1H. The Bertz CT molecular complexity index is 465. The van der Waals surface area contributed by atoms with E-state index in [1.54, 1.807) is 12.1 Å². The monoisotopic (exact) mass is 316 g/mol. The molecule has 1 atom stereocenters. The Morgan fingerprint density at radius 1 is 1.52 bits per heavy atom. The second kappa shape index (κ2) is 8.85. The van der Waals surface area contributed by atoms with Crippen LogP contribution in [0.5, 0.6) is 5.75 Å². The number of halogens is 2. The van der Waals surface area contributed by atoms with E-state index in [0.29, 0.717) is 18.9 Å². The van der Waals surface area contributed by atoms with Crippen molar-refractivity contribution in [2.75, 3.05) is 20.2 Å². The molecule has 1 aliphatic heterocycles. The highest BCUT2D eigenvalue weighted by Gasteiger charge is 2.15. The first-order valence-electron chi connectivity index (χ1n) is 6.99. The minimum Gasteiger partial charge on any atom is -0.494 e.